The molecule has 0 spiro atoms. The molecule has 0 aliphatic carbocycles. The topological polar surface area (TPSA) is 29.5 Å². The Hall–Kier alpha value is -0.963. The molecule has 0 aliphatic heterocycles. The van der Waals surface area contributed by atoms with E-state index in [0.717, 1.165) is 0 Å². The van der Waals surface area contributed by atoms with E-state index in [9.17, 15) is 0 Å². The Morgan fingerprint density at radius 1 is 1.33 bits per heavy atom. The van der Waals surface area contributed by atoms with Crippen molar-refractivity contribution in [3.63, 3.8) is 0 Å². The highest BCUT2D eigenvalue weighted by atomic mass is 28.2. The van der Waals surface area contributed by atoms with Gasteiger partial charge in [-0.1, -0.05) is 12.1 Å². The zero-order chi connectivity index (χ0) is 6.69. The normalized spacial score (nSPS) is 9.00. The van der Waals surface area contributed by atoms with Gasteiger partial charge >= 0.3 is 10.5 Å². The van der Waals surface area contributed by atoms with E-state index in [0.29, 0.717) is 5.75 Å². The molecule has 3 radical (unpaired) electrons. The van der Waals surface area contributed by atoms with Crippen LogP contribution in [0.5, 0.6) is 11.5 Å². The molecule has 0 aromatic heterocycles. The minimum atomic E-state index is 0.132. The van der Waals surface area contributed by atoms with Gasteiger partial charge in [-0.15, -0.1) is 0 Å². The second-order valence-corrected chi connectivity index (χ2v) is 1.77. The number of phenols is 1. The molecule has 0 heterocycles. The Morgan fingerprint density at radius 3 is 2.44 bits per heavy atom. The van der Waals surface area contributed by atoms with Crippen LogP contribution in [0.4, 0.5) is 0 Å². The first-order chi connectivity index (χ1) is 4.34. The first kappa shape index (κ1) is 6.16. The van der Waals surface area contributed by atoms with Gasteiger partial charge in [0.2, 0.25) is 0 Å². The first-order valence-electron chi connectivity index (χ1n) is 2.46. The molecule has 0 saturated carbocycles. The second-order valence-electron chi connectivity index (χ2n) is 1.57. The van der Waals surface area contributed by atoms with Gasteiger partial charge in [-0.3, -0.25) is 0 Å². The van der Waals surface area contributed by atoms with E-state index in [1.165, 1.54) is 0 Å². The van der Waals surface area contributed by atoms with E-state index in [4.69, 9.17) is 5.11 Å². The zero-order valence-corrected chi connectivity index (χ0v) is 5.66. The van der Waals surface area contributed by atoms with Crippen LogP contribution < -0.4 is 4.43 Å². The first-order valence-corrected chi connectivity index (χ1v) is 2.87. The second kappa shape index (κ2) is 2.55. The summed E-state index contributed by atoms with van der Waals surface area (Å²) < 4.78 is 4.60. The molecule has 0 aliphatic rings. The number of phenolic OH excluding ortho intramolecular Hbond substituents is 1. The van der Waals surface area contributed by atoms with Crippen molar-refractivity contribution >= 4 is 10.5 Å². The summed E-state index contributed by atoms with van der Waals surface area (Å²) in [5.41, 5.74) is 0. The highest BCUT2D eigenvalue weighted by molar-refractivity contribution is 6.00. The van der Waals surface area contributed by atoms with Crippen molar-refractivity contribution in [1.82, 2.24) is 0 Å². The summed E-state index contributed by atoms with van der Waals surface area (Å²) in [6, 6.07) is 6.71. The number of hydrogen-bond acceptors (Lipinski definition) is 2. The summed E-state index contributed by atoms with van der Waals surface area (Å²) >= 11 is 0. The molecule has 1 aromatic rings. The van der Waals surface area contributed by atoms with Crippen molar-refractivity contribution in [3.05, 3.63) is 24.3 Å². The molecule has 1 N–H and O–H groups in total. The van der Waals surface area contributed by atoms with E-state index in [1.807, 2.05) is 0 Å². The molecule has 0 bridgehead atoms. The van der Waals surface area contributed by atoms with Gasteiger partial charge in [0.25, 0.3) is 0 Å². The summed E-state index contributed by atoms with van der Waals surface area (Å²) in [6.07, 6.45) is 0. The smallest absolute Gasteiger partial charge is 0.341 e. The lowest BCUT2D eigenvalue weighted by molar-refractivity contribution is 0.446. The van der Waals surface area contributed by atoms with Gasteiger partial charge in [0, 0.05) is 0 Å². The van der Waals surface area contributed by atoms with Crippen molar-refractivity contribution in [2.75, 3.05) is 0 Å². The monoisotopic (exact) mass is 137 g/mol. The number of para-hydroxylation sites is 2. The lowest BCUT2D eigenvalue weighted by atomic mass is 10.3. The zero-order valence-electron chi connectivity index (χ0n) is 4.66. The number of rotatable bonds is 1. The highest BCUT2D eigenvalue weighted by Gasteiger charge is 1.93. The van der Waals surface area contributed by atoms with Crippen LogP contribution in [-0.2, 0) is 0 Å². The van der Waals surface area contributed by atoms with Crippen LogP contribution in [0.1, 0.15) is 0 Å². The fourth-order valence-electron chi connectivity index (χ4n) is 0.543. The molecule has 0 atom stereocenters. The van der Waals surface area contributed by atoms with E-state index < -0.39 is 0 Å². The van der Waals surface area contributed by atoms with E-state index >= 15 is 0 Å². The molecule has 3 heteroatoms. The SMILES string of the molecule is Oc1ccccc1O[Si]. The molecule has 9 heavy (non-hydrogen) atoms. The Bertz CT molecular complexity index is 200. The van der Waals surface area contributed by atoms with Crippen molar-refractivity contribution in [2.45, 2.75) is 0 Å². The molecule has 1 aromatic carbocycles. The summed E-state index contributed by atoms with van der Waals surface area (Å²) in [7, 11) is 2.79. The Balaban J connectivity index is 3.01. The van der Waals surface area contributed by atoms with Crippen molar-refractivity contribution in [1.29, 1.82) is 0 Å². The van der Waals surface area contributed by atoms with Crippen LogP contribution in [0.25, 0.3) is 0 Å². The van der Waals surface area contributed by atoms with Gasteiger partial charge in [-0.2, -0.15) is 0 Å². The molecule has 0 unspecified atom stereocenters. The third-order valence-corrected chi connectivity index (χ3v) is 1.20. The molecule has 2 nitrogen and oxygen atoms in total. The predicted molar refractivity (Wildman–Crippen MR) is 34.5 cm³/mol. The molecule has 0 saturated heterocycles. The van der Waals surface area contributed by atoms with Crippen molar-refractivity contribution in [2.24, 2.45) is 0 Å². The van der Waals surface area contributed by atoms with Crippen LogP contribution in [0.2, 0.25) is 0 Å². The van der Waals surface area contributed by atoms with E-state index in [-0.39, 0.29) is 5.75 Å². The summed E-state index contributed by atoms with van der Waals surface area (Å²) in [6.45, 7) is 0. The third kappa shape index (κ3) is 1.23. The average Bonchev–Trinajstić information content (AvgIpc) is 1.89. The summed E-state index contributed by atoms with van der Waals surface area (Å²) in [5.74, 6) is 0.557. The maximum absolute atomic E-state index is 8.95. The maximum atomic E-state index is 8.95. The molecular weight excluding hydrogens is 132 g/mol. The minimum Gasteiger partial charge on any atom is -0.538 e. The molecular formula is C6H5O2Si. The summed E-state index contributed by atoms with van der Waals surface area (Å²) in [4.78, 5) is 0. The Morgan fingerprint density at radius 2 is 2.00 bits per heavy atom. The molecule has 1 rings (SSSR count). The highest BCUT2D eigenvalue weighted by Crippen LogP contribution is 2.22. The fraction of sp³-hybridized carbons (Fsp3) is 0. The van der Waals surface area contributed by atoms with Gasteiger partial charge in [0.05, 0.1) is 0 Å². The molecule has 45 valence electrons. The lowest BCUT2D eigenvalue weighted by Gasteiger charge is -1.99. The van der Waals surface area contributed by atoms with Crippen molar-refractivity contribution in [3.8, 4) is 11.5 Å². The number of benzene rings is 1. The third-order valence-electron chi connectivity index (χ3n) is 0.975. The van der Waals surface area contributed by atoms with Crippen LogP contribution in [0, 0.1) is 0 Å². The van der Waals surface area contributed by atoms with Crippen LogP contribution in [-0.4, -0.2) is 15.6 Å². The van der Waals surface area contributed by atoms with Crippen LogP contribution >= 0.6 is 0 Å². The molecule has 0 fully saturated rings. The van der Waals surface area contributed by atoms with Crippen LogP contribution in [0.15, 0.2) is 24.3 Å². The van der Waals surface area contributed by atoms with Gasteiger partial charge < -0.3 is 9.53 Å². The predicted octanol–water partition coefficient (Wildman–Crippen LogP) is 0.854. The fourth-order valence-corrected chi connectivity index (χ4v) is 0.716. The lowest BCUT2D eigenvalue weighted by Crippen LogP contribution is -1.83. The molecule has 0 amide bonds. The van der Waals surface area contributed by atoms with Gasteiger partial charge in [-0.25, -0.2) is 0 Å². The van der Waals surface area contributed by atoms with Gasteiger partial charge in [0.15, 0.2) is 5.75 Å². The Kier molecular flexibility index (Phi) is 1.74. The minimum absolute atomic E-state index is 0.132. The average molecular weight is 137 g/mol. The van der Waals surface area contributed by atoms with Gasteiger partial charge in [-0.05, 0) is 12.1 Å². The Labute approximate surface area is 56.6 Å². The largest absolute Gasteiger partial charge is 0.538 e. The summed E-state index contributed by atoms with van der Waals surface area (Å²) in [5, 5.41) is 8.95. The number of hydrogen-bond donors (Lipinski definition) is 1. The van der Waals surface area contributed by atoms with E-state index in [1.54, 1.807) is 24.3 Å². The van der Waals surface area contributed by atoms with Crippen LogP contribution in [0.3, 0.4) is 0 Å². The standard InChI is InChI=1S/C6H5O2Si/c7-5-3-1-2-4-6(5)8-9/h1-4,7H. The van der Waals surface area contributed by atoms with Gasteiger partial charge in [0.1, 0.15) is 5.75 Å². The number of aromatic hydroxyl groups is 1. The van der Waals surface area contributed by atoms with Crippen molar-refractivity contribution < 1.29 is 9.53 Å². The quantitative estimate of drug-likeness (QED) is 0.581. The van der Waals surface area contributed by atoms with E-state index in [2.05, 4.69) is 14.9 Å². The maximum Gasteiger partial charge on any atom is 0.341 e.